The number of hydrogen-bond acceptors (Lipinski definition) is 4. The van der Waals surface area contributed by atoms with E-state index in [9.17, 15) is 9.59 Å². The minimum atomic E-state index is -0.242. The first-order valence-corrected chi connectivity index (χ1v) is 12.1. The van der Waals surface area contributed by atoms with Crippen LogP contribution >= 0.6 is 23.2 Å². The van der Waals surface area contributed by atoms with Crippen molar-refractivity contribution in [3.8, 4) is 28.4 Å². The molecule has 4 rings (SSSR count). The van der Waals surface area contributed by atoms with E-state index >= 15 is 0 Å². The first kappa shape index (κ1) is 25.5. The fourth-order valence-corrected chi connectivity index (χ4v) is 4.15. The smallest absolute Gasteiger partial charge is 0.251 e. The van der Waals surface area contributed by atoms with Crippen LogP contribution in [0.5, 0.6) is 11.6 Å². The van der Waals surface area contributed by atoms with Gasteiger partial charge in [0, 0.05) is 34.8 Å². The van der Waals surface area contributed by atoms with E-state index in [1.165, 1.54) is 6.92 Å². The molecule has 0 unspecified atom stereocenters. The van der Waals surface area contributed by atoms with Crippen molar-refractivity contribution < 1.29 is 14.3 Å². The Morgan fingerprint density at radius 1 is 0.972 bits per heavy atom. The Bertz CT molecular complexity index is 1410. The van der Waals surface area contributed by atoms with Gasteiger partial charge in [-0.25, -0.2) is 4.68 Å². The predicted molar refractivity (Wildman–Crippen MR) is 143 cm³/mol. The minimum Gasteiger partial charge on any atom is -0.437 e. The van der Waals surface area contributed by atoms with E-state index in [4.69, 9.17) is 27.9 Å². The van der Waals surface area contributed by atoms with E-state index in [0.29, 0.717) is 45.9 Å². The quantitative estimate of drug-likeness (QED) is 0.271. The van der Waals surface area contributed by atoms with Crippen LogP contribution in [0.15, 0.2) is 66.9 Å². The van der Waals surface area contributed by atoms with Gasteiger partial charge in [0.2, 0.25) is 5.88 Å². The van der Waals surface area contributed by atoms with E-state index in [0.717, 1.165) is 22.3 Å². The number of benzene rings is 3. The third-order valence-corrected chi connectivity index (χ3v) is 6.00. The zero-order chi connectivity index (χ0) is 25.8. The number of ether oxygens (including phenoxy) is 1. The van der Waals surface area contributed by atoms with Gasteiger partial charge in [0.15, 0.2) is 0 Å². The molecular formula is C28H25Cl2N3O3. The number of Topliss-reactive ketones (excluding diaryl/α,β-unsaturated/α-hetero) is 1. The lowest BCUT2D eigenvalue weighted by atomic mass is 10.1. The zero-order valence-electron chi connectivity index (χ0n) is 20.1. The molecule has 1 aromatic heterocycles. The van der Waals surface area contributed by atoms with Crippen LogP contribution in [0, 0.1) is 13.8 Å². The molecule has 6 nitrogen and oxygen atoms in total. The van der Waals surface area contributed by atoms with Crippen molar-refractivity contribution in [2.45, 2.75) is 27.2 Å². The number of aryl methyl sites for hydroxylation is 2. The van der Waals surface area contributed by atoms with Gasteiger partial charge in [-0.15, -0.1) is 5.10 Å². The average molecular weight is 522 g/mol. The third kappa shape index (κ3) is 6.14. The summed E-state index contributed by atoms with van der Waals surface area (Å²) in [6.45, 7) is 5.69. The van der Waals surface area contributed by atoms with E-state index in [1.807, 2.05) is 44.3 Å². The highest BCUT2D eigenvalue weighted by Gasteiger charge is 2.17. The predicted octanol–water partition coefficient (Wildman–Crippen LogP) is 6.96. The van der Waals surface area contributed by atoms with Crippen LogP contribution in [0.4, 0.5) is 0 Å². The molecule has 0 spiro atoms. The summed E-state index contributed by atoms with van der Waals surface area (Å²) in [5.74, 6) is 0.752. The molecule has 184 valence electrons. The summed E-state index contributed by atoms with van der Waals surface area (Å²) in [4.78, 5) is 23.5. The summed E-state index contributed by atoms with van der Waals surface area (Å²) in [6.07, 6.45) is 2.17. The van der Waals surface area contributed by atoms with Crippen LogP contribution in [-0.4, -0.2) is 28.0 Å². The van der Waals surface area contributed by atoms with Gasteiger partial charge < -0.3 is 10.1 Å². The van der Waals surface area contributed by atoms with Gasteiger partial charge in [-0.2, -0.15) is 0 Å². The lowest BCUT2D eigenvalue weighted by Gasteiger charge is -2.10. The Morgan fingerprint density at radius 3 is 2.31 bits per heavy atom. The molecule has 0 aliphatic rings. The highest BCUT2D eigenvalue weighted by atomic mass is 35.5. The second-order valence-corrected chi connectivity index (χ2v) is 9.45. The van der Waals surface area contributed by atoms with E-state index < -0.39 is 0 Å². The summed E-state index contributed by atoms with van der Waals surface area (Å²) in [7, 11) is 0. The summed E-state index contributed by atoms with van der Waals surface area (Å²) in [6, 6.07) is 18.4. The van der Waals surface area contributed by atoms with Gasteiger partial charge in [0.25, 0.3) is 5.91 Å². The largest absolute Gasteiger partial charge is 0.437 e. The molecule has 0 saturated carbocycles. The summed E-state index contributed by atoms with van der Waals surface area (Å²) in [5, 5.41) is 8.43. The van der Waals surface area contributed by atoms with Crippen LogP contribution < -0.4 is 10.1 Å². The molecule has 1 N–H and O–H groups in total. The maximum absolute atomic E-state index is 12.4. The number of aromatic nitrogens is 2. The number of ketones is 1. The van der Waals surface area contributed by atoms with Crippen molar-refractivity contribution in [1.29, 1.82) is 0 Å². The van der Waals surface area contributed by atoms with Gasteiger partial charge in [0.05, 0.1) is 11.3 Å². The molecule has 1 amide bonds. The molecule has 1 heterocycles. The van der Waals surface area contributed by atoms with Crippen LogP contribution in [-0.2, 0) is 4.79 Å². The molecule has 0 aliphatic carbocycles. The Kier molecular flexibility index (Phi) is 7.77. The number of nitrogens with one attached hydrogen (secondary N) is 1. The molecule has 0 radical (unpaired) electrons. The van der Waals surface area contributed by atoms with Gasteiger partial charge in [-0.1, -0.05) is 53.0 Å². The summed E-state index contributed by atoms with van der Waals surface area (Å²) >= 11 is 12.4. The SMILES string of the molecule is CC(=O)CCNC(=O)c1ccc(Oc2nn(-c3cc(Cl)cc(Cl)c3)cc2-c2ccc(C)cc2)c(C)c1. The minimum absolute atomic E-state index is 0.0269. The molecule has 4 aromatic rings. The Balaban J connectivity index is 1.66. The summed E-state index contributed by atoms with van der Waals surface area (Å²) in [5.41, 5.74) is 4.82. The molecular weight excluding hydrogens is 497 g/mol. The molecule has 0 saturated heterocycles. The van der Waals surface area contributed by atoms with Crippen molar-refractivity contribution >= 4 is 34.9 Å². The van der Waals surface area contributed by atoms with Gasteiger partial charge in [-0.05, 0) is 68.3 Å². The van der Waals surface area contributed by atoms with Crippen LogP contribution in [0.1, 0.15) is 34.8 Å². The number of amides is 1. The maximum Gasteiger partial charge on any atom is 0.251 e. The second-order valence-electron chi connectivity index (χ2n) is 8.58. The molecule has 8 heteroatoms. The molecule has 0 fully saturated rings. The number of carbonyl (C=O) groups is 2. The van der Waals surface area contributed by atoms with Crippen molar-refractivity contribution in [2.75, 3.05) is 6.54 Å². The number of carbonyl (C=O) groups excluding carboxylic acids is 2. The highest BCUT2D eigenvalue weighted by molar-refractivity contribution is 6.34. The third-order valence-electron chi connectivity index (χ3n) is 5.56. The lowest BCUT2D eigenvalue weighted by molar-refractivity contribution is -0.116. The van der Waals surface area contributed by atoms with Crippen LogP contribution in [0.25, 0.3) is 16.8 Å². The van der Waals surface area contributed by atoms with E-state index in [2.05, 4.69) is 10.4 Å². The summed E-state index contributed by atoms with van der Waals surface area (Å²) < 4.78 is 7.94. The van der Waals surface area contributed by atoms with Crippen molar-refractivity contribution in [2.24, 2.45) is 0 Å². The van der Waals surface area contributed by atoms with E-state index in [-0.39, 0.29) is 11.7 Å². The monoisotopic (exact) mass is 521 g/mol. The van der Waals surface area contributed by atoms with Crippen LogP contribution in [0.3, 0.4) is 0 Å². The lowest BCUT2D eigenvalue weighted by Crippen LogP contribution is -2.25. The molecule has 0 atom stereocenters. The van der Waals surface area contributed by atoms with Gasteiger partial charge >= 0.3 is 0 Å². The second kappa shape index (κ2) is 11.0. The maximum atomic E-state index is 12.4. The zero-order valence-corrected chi connectivity index (χ0v) is 21.7. The standard InChI is InChI=1S/C28H25Cl2N3O3/c1-17-4-6-20(7-5-17)25-16-33(24-14-22(29)13-23(30)15-24)32-28(25)36-26-9-8-21(12-18(26)2)27(35)31-11-10-19(3)34/h4-9,12-16H,10-11H2,1-3H3,(H,31,35). The van der Waals surface area contributed by atoms with Gasteiger partial charge in [0.1, 0.15) is 11.5 Å². The Hall–Kier alpha value is -3.61. The van der Waals surface area contributed by atoms with Crippen molar-refractivity contribution in [1.82, 2.24) is 15.1 Å². The average Bonchev–Trinajstić information content (AvgIpc) is 3.24. The first-order chi connectivity index (χ1) is 17.2. The highest BCUT2D eigenvalue weighted by Crippen LogP contribution is 2.35. The number of hydrogen-bond donors (Lipinski definition) is 1. The Labute approximate surface area is 219 Å². The molecule has 3 aromatic carbocycles. The Morgan fingerprint density at radius 2 is 1.67 bits per heavy atom. The van der Waals surface area contributed by atoms with Gasteiger partial charge in [-0.3, -0.25) is 9.59 Å². The first-order valence-electron chi connectivity index (χ1n) is 11.4. The van der Waals surface area contributed by atoms with E-state index in [1.54, 1.807) is 41.1 Å². The van der Waals surface area contributed by atoms with Crippen LogP contribution in [0.2, 0.25) is 10.0 Å². The fraction of sp³-hybridized carbons (Fsp3) is 0.179. The number of rotatable bonds is 8. The molecule has 0 bridgehead atoms. The molecule has 0 aliphatic heterocycles. The topological polar surface area (TPSA) is 73.2 Å². The number of halogens is 2. The normalized spacial score (nSPS) is 10.8. The van der Waals surface area contributed by atoms with Crippen molar-refractivity contribution in [3.63, 3.8) is 0 Å². The van der Waals surface area contributed by atoms with Crippen molar-refractivity contribution in [3.05, 3.63) is 93.6 Å². The number of nitrogens with zero attached hydrogens (tertiary/aromatic N) is 2. The molecule has 36 heavy (non-hydrogen) atoms. The fourth-order valence-electron chi connectivity index (χ4n) is 3.63.